The number of fused-ring (bicyclic) bond motifs is 5. The molecule has 0 radical (unpaired) electrons. The van der Waals surface area contributed by atoms with Gasteiger partial charge in [-0.15, -0.1) is 0 Å². The van der Waals surface area contributed by atoms with Gasteiger partial charge in [0.15, 0.2) is 0 Å². The Morgan fingerprint density at radius 2 is 1.59 bits per heavy atom. The van der Waals surface area contributed by atoms with Crippen LogP contribution in [-0.2, 0) is 9.47 Å². The first-order valence-electron chi connectivity index (χ1n) is 11.5. The second-order valence-electron chi connectivity index (χ2n) is 9.02. The van der Waals surface area contributed by atoms with E-state index < -0.39 is 0 Å². The van der Waals surface area contributed by atoms with Crippen molar-refractivity contribution in [1.82, 2.24) is 4.90 Å². The molecule has 0 saturated carbocycles. The minimum absolute atomic E-state index is 0.0350. The Bertz CT molecular complexity index is 1240. The van der Waals surface area contributed by atoms with Crippen molar-refractivity contribution in [2.24, 2.45) is 0 Å². The molecule has 6 rings (SSSR count). The second-order valence-corrected chi connectivity index (χ2v) is 10.9. The zero-order chi connectivity index (χ0) is 23.2. The molecule has 3 aromatic rings. The molecule has 1 amide bonds. The molecule has 2 heterocycles. The summed E-state index contributed by atoms with van der Waals surface area (Å²) in [7, 11) is 0. The maximum Gasteiger partial charge on any atom is 0.410 e. The number of carbonyl (C=O) groups is 1. The highest BCUT2D eigenvalue weighted by Crippen LogP contribution is 2.44. The van der Waals surface area contributed by atoms with Crippen LogP contribution in [0.5, 0.6) is 0 Å². The standard InChI is InChI=1S/C28H23Br2NO3/c29-19-9-17(10-20(30)13-19)18-11-21-14-33-15-22(12-18)31(21)28(32)34-16-27-25-7-3-1-5-23(25)24-6-2-4-8-26(24)27/h1-11,13,21-22,27H,12,14-16H2. The maximum absolute atomic E-state index is 13.3. The third-order valence-corrected chi connectivity index (χ3v) is 7.89. The summed E-state index contributed by atoms with van der Waals surface area (Å²) in [5, 5.41) is 0. The van der Waals surface area contributed by atoms with Crippen molar-refractivity contribution in [2.75, 3.05) is 19.8 Å². The summed E-state index contributed by atoms with van der Waals surface area (Å²) in [6, 6.07) is 22.9. The molecule has 172 valence electrons. The van der Waals surface area contributed by atoms with Crippen molar-refractivity contribution in [3.8, 4) is 11.1 Å². The Hall–Kier alpha value is -2.41. The molecule has 2 unspecified atom stereocenters. The average molecular weight is 581 g/mol. The van der Waals surface area contributed by atoms with Crippen molar-refractivity contribution in [1.29, 1.82) is 0 Å². The number of morpholine rings is 1. The molecule has 1 fully saturated rings. The fourth-order valence-corrected chi connectivity index (χ4v) is 6.80. The minimum atomic E-state index is -0.258. The molecule has 2 atom stereocenters. The summed E-state index contributed by atoms with van der Waals surface area (Å²) in [5.74, 6) is 0.0577. The summed E-state index contributed by atoms with van der Waals surface area (Å²) in [4.78, 5) is 15.2. The van der Waals surface area contributed by atoms with Crippen molar-refractivity contribution >= 4 is 43.5 Å². The number of hydrogen-bond donors (Lipinski definition) is 0. The third-order valence-electron chi connectivity index (χ3n) is 6.98. The fourth-order valence-electron chi connectivity index (χ4n) is 5.50. The van der Waals surface area contributed by atoms with E-state index in [2.05, 4.69) is 98.6 Å². The van der Waals surface area contributed by atoms with E-state index >= 15 is 0 Å². The predicted octanol–water partition coefficient (Wildman–Crippen LogP) is 7.02. The number of benzene rings is 3. The summed E-state index contributed by atoms with van der Waals surface area (Å²) in [5.41, 5.74) is 7.31. The number of hydrogen-bond acceptors (Lipinski definition) is 3. The molecule has 4 nitrogen and oxygen atoms in total. The van der Waals surface area contributed by atoms with Gasteiger partial charge in [-0.1, -0.05) is 86.5 Å². The molecule has 1 aliphatic carbocycles. The minimum Gasteiger partial charge on any atom is -0.448 e. The normalized spacial score (nSPS) is 21.0. The Morgan fingerprint density at radius 1 is 0.941 bits per heavy atom. The first-order valence-corrected chi connectivity index (χ1v) is 13.1. The first-order chi connectivity index (χ1) is 16.6. The summed E-state index contributed by atoms with van der Waals surface area (Å²) >= 11 is 7.17. The van der Waals surface area contributed by atoms with E-state index in [1.54, 1.807) is 0 Å². The molecule has 2 aliphatic heterocycles. The molecule has 3 aliphatic rings. The van der Waals surface area contributed by atoms with Crippen LogP contribution in [0.15, 0.2) is 81.8 Å². The van der Waals surface area contributed by atoms with Gasteiger partial charge in [-0.05, 0) is 58.0 Å². The Labute approximate surface area is 215 Å². The predicted molar refractivity (Wildman–Crippen MR) is 140 cm³/mol. The van der Waals surface area contributed by atoms with E-state index in [0.29, 0.717) is 19.8 Å². The van der Waals surface area contributed by atoms with Gasteiger partial charge >= 0.3 is 6.09 Å². The molecule has 1 saturated heterocycles. The summed E-state index contributed by atoms with van der Waals surface area (Å²) in [6.45, 7) is 1.34. The van der Waals surface area contributed by atoms with E-state index in [9.17, 15) is 4.79 Å². The van der Waals surface area contributed by atoms with Gasteiger partial charge in [-0.2, -0.15) is 0 Å². The lowest BCUT2D eigenvalue weighted by Crippen LogP contribution is -2.56. The van der Waals surface area contributed by atoms with E-state index in [1.165, 1.54) is 27.8 Å². The van der Waals surface area contributed by atoms with Crippen molar-refractivity contribution < 1.29 is 14.3 Å². The lowest BCUT2D eigenvalue weighted by Gasteiger charge is -2.44. The van der Waals surface area contributed by atoms with E-state index in [-0.39, 0.29) is 24.1 Å². The van der Waals surface area contributed by atoms with Crippen LogP contribution >= 0.6 is 31.9 Å². The van der Waals surface area contributed by atoms with E-state index in [1.807, 2.05) is 11.0 Å². The van der Waals surface area contributed by atoms with Crippen LogP contribution in [-0.4, -0.2) is 42.9 Å². The highest BCUT2D eigenvalue weighted by molar-refractivity contribution is 9.11. The molecule has 3 aromatic carbocycles. The van der Waals surface area contributed by atoms with Crippen LogP contribution in [0.3, 0.4) is 0 Å². The summed E-state index contributed by atoms with van der Waals surface area (Å²) in [6.07, 6.45) is 2.64. The largest absolute Gasteiger partial charge is 0.448 e. The van der Waals surface area contributed by atoms with E-state index in [0.717, 1.165) is 20.9 Å². The van der Waals surface area contributed by atoms with Gasteiger partial charge < -0.3 is 9.47 Å². The van der Waals surface area contributed by atoms with Crippen LogP contribution in [0, 0.1) is 0 Å². The number of ether oxygens (including phenoxy) is 2. The number of rotatable bonds is 3. The van der Waals surface area contributed by atoms with Crippen LogP contribution in [0.4, 0.5) is 4.79 Å². The number of halogens is 2. The first kappa shape index (κ1) is 22.1. The number of carbonyl (C=O) groups excluding carboxylic acids is 1. The van der Waals surface area contributed by atoms with Crippen LogP contribution in [0.2, 0.25) is 0 Å². The topological polar surface area (TPSA) is 38.8 Å². The smallest absolute Gasteiger partial charge is 0.410 e. The lowest BCUT2D eigenvalue weighted by molar-refractivity contribution is -0.0331. The zero-order valence-corrected chi connectivity index (χ0v) is 21.6. The van der Waals surface area contributed by atoms with Gasteiger partial charge in [0, 0.05) is 14.9 Å². The highest BCUT2D eigenvalue weighted by Gasteiger charge is 2.40. The van der Waals surface area contributed by atoms with Gasteiger partial charge in [-0.3, -0.25) is 4.90 Å². The third kappa shape index (κ3) is 3.92. The highest BCUT2D eigenvalue weighted by atomic mass is 79.9. The maximum atomic E-state index is 13.3. The van der Waals surface area contributed by atoms with Crippen LogP contribution in [0.1, 0.15) is 29.0 Å². The average Bonchev–Trinajstić information content (AvgIpc) is 3.15. The van der Waals surface area contributed by atoms with E-state index in [4.69, 9.17) is 9.47 Å². The Kier molecular flexibility index (Phi) is 5.84. The monoisotopic (exact) mass is 579 g/mol. The number of amides is 1. The second kappa shape index (κ2) is 8.99. The molecular formula is C28H23Br2NO3. The van der Waals surface area contributed by atoms with Gasteiger partial charge in [0.25, 0.3) is 0 Å². The molecule has 2 bridgehead atoms. The molecular weight excluding hydrogens is 558 g/mol. The fraction of sp³-hybridized carbons (Fsp3) is 0.250. The molecule has 0 aromatic heterocycles. The lowest BCUT2D eigenvalue weighted by atomic mass is 9.90. The molecule has 6 heteroatoms. The molecule has 0 N–H and O–H groups in total. The SMILES string of the molecule is O=C(OCC1c2ccccc2-c2ccccc21)N1C2C=C(c3cc(Br)cc(Br)c3)CC1COC2. The van der Waals surface area contributed by atoms with Crippen LogP contribution < -0.4 is 0 Å². The Morgan fingerprint density at radius 3 is 2.24 bits per heavy atom. The van der Waals surface area contributed by atoms with Crippen molar-refractivity contribution in [2.45, 2.75) is 24.4 Å². The van der Waals surface area contributed by atoms with Gasteiger partial charge in [0.05, 0.1) is 25.3 Å². The summed E-state index contributed by atoms with van der Waals surface area (Å²) < 4.78 is 13.8. The molecule has 0 spiro atoms. The van der Waals surface area contributed by atoms with Crippen LogP contribution in [0.25, 0.3) is 16.7 Å². The van der Waals surface area contributed by atoms with Gasteiger partial charge in [0.2, 0.25) is 0 Å². The molecule has 34 heavy (non-hydrogen) atoms. The van der Waals surface area contributed by atoms with Crippen molar-refractivity contribution in [3.05, 3.63) is 98.4 Å². The van der Waals surface area contributed by atoms with Gasteiger partial charge in [-0.25, -0.2) is 4.79 Å². The number of nitrogens with zero attached hydrogens (tertiary/aromatic N) is 1. The Balaban J connectivity index is 1.22. The van der Waals surface area contributed by atoms with Gasteiger partial charge in [0.1, 0.15) is 6.61 Å². The van der Waals surface area contributed by atoms with Crippen molar-refractivity contribution in [3.63, 3.8) is 0 Å². The quantitative estimate of drug-likeness (QED) is 0.334. The zero-order valence-electron chi connectivity index (χ0n) is 18.4.